The summed E-state index contributed by atoms with van der Waals surface area (Å²) in [5.74, 6) is 0.345. The van der Waals surface area contributed by atoms with Gasteiger partial charge in [0, 0.05) is 18.2 Å². The third-order valence-electron chi connectivity index (χ3n) is 2.75. The summed E-state index contributed by atoms with van der Waals surface area (Å²) in [7, 11) is 0. The van der Waals surface area contributed by atoms with Gasteiger partial charge in [-0.15, -0.1) is 5.10 Å². The van der Waals surface area contributed by atoms with E-state index in [0.717, 1.165) is 23.3 Å². The molecule has 1 aliphatic heterocycles. The molecule has 0 unspecified atom stereocenters. The number of carbonyl (C=O) groups is 1. The number of hydrogen-bond donors (Lipinski definition) is 1. The second kappa shape index (κ2) is 12.2. The van der Waals surface area contributed by atoms with E-state index in [-0.39, 0.29) is 11.7 Å². The van der Waals surface area contributed by atoms with Gasteiger partial charge in [-0.2, -0.15) is 5.10 Å². The number of benzene rings is 1. The van der Waals surface area contributed by atoms with Crippen molar-refractivity contribution in [2.24, 2.45) is 10.2 Å². The Morgan fingerprint density at radius 3 is 2.38 bits per heavy atom. The minimum Gasteiger partial charge on any atom is -0.309 e. The van der Waals surface area contributed by atoms with Gasteiger partial charge in [0.25, 0.3) is 0 Å². The minimum absolute atomic E-state index is 0.136. The molecule has 0 bridgehead atoms. The van der Waals surface area contributed by atoms with Gasteiger partial charge in [0.15, 0.2) is 0 Å². The monoisotopic (exact) mass is 333 g/mol. The number of rotatable bonds is 2. The van der Waals surface area contributed by atoms with Gasteiger partial charge < -0.3 is 5.32 Å². The van der Waals surface area contributed by atoms with E-state index in [1.165, 1.54) is 12.1 Å². The number of hydrogen-bond acceptors (Lipinski definition) is 3. The van der Waals surface area contributed by atoms with Crippen LogP contribution >= 0.6 is 0 Å². The van der Waals surface area contributed by atoms with Crippen molar-refractivity contribution in [2.75, 3.05) is 0 Å². The fourth-order valence-electron chi connectivity index (χ4n) is 1.73. The predicted molar refractivity (Wildman–Crippen MR) is 99.9 cm³/mol. The molecule has 5 heteroatoms. The van der Waals surface area contributed by atoms with E-state index in [1.807, 2.05) is 47.6 Å². The van der Waals surface area contributed by atoms with Crippen LogP contribution in [0.3, 0.4) is 0 Å². The molecule has 0 radical (unpaired) electrons. The molecule has 2 rings (SSSR count). The lowest BCUT2D eigenvalue weighted by Gasteiger charge is -1.99. The quantitative estimate of drug-likeness (QED) is 0.786. The molecule has 0 aliphatic carbocycles. The van der Waals surface area contributed by atoms with Crippen LogP contribution in [0.4, 0.5) is 4.39 Å². The SMILES string of the molecule is CC.CC(C)=CC(=O)NC1=NN=C(C)C1.CCc1cccc(F)c1. The van der Waals surface area contributed by atoms with Crippen LogP contribution in [0, 0.1) is 5.82 Å². The fraction of sp³-hybridized carbons (Fsp3) is 0.421. The van der Waals surface area contributed by atoms with E-state index >= 15 is 0 Å². The molecule has 1 aliphatic rings. The van der Waals surface area contributed by atoms with E-state index in [1.54, 1.807) is 12.1 Å². The maximum atomic E-state index is 12.4. The zero-order valence-corrected chi connectivity index (χ0v) is 15.5. The lowest BCUT2D eigenvalue weighted by molar-refractivity contribution is -0.115. The van der Waals surface area contributed by atoms with Crippen LogP contribution in [-0.4, -0.2) is 17.5 Å². The Hall–Kier alpha value is -2.30. The zero-order valence-electron chi connectivity index (χ0n) is 15.5. The first-order valence-corrected chi connectivity index (χ1v) is 8.21. The average molecular weight is 333 g/mol. The molecular weight excluding hydrogens is 305 g/mol. The summed E-state index contributed by atoms with van der Waals surface area (Å²) in [6, 6.07) is 6.66. The van der Waals surface area contributed by atoms with Crippen LogP contribution in [0.15, 0.2) is 46.1 Å². The molecule has 132 valence electrons. The maximum absolute atomic E-state index is 12.4. The molecule has 0 fully saturated rings. The molecule has 0 atom stereocenters. The van der Waals surface area contributed by atoms with Gasteiger partial charge in [0.2, 0.25) is 5.91 Å². The van der Waals surface area contributed by atoms with Crippen molar-refractivity contribution < 1.29 is 9.18 Å². The number of amides is 1. The number of carbonyl (C=O) groups excluding carboxylic acids is 1. The minimum atomic E-state index is -0.144. The molecule has 1 aromatic carbocycles. The topological polar surface area (TPSA) is 53.8 Å². The highest BCUT2D eigenvalue weighted by Crippen LogP contribution is 2.02. The number of nitrogens with one attached hydrogen (secondary N) is 1. The summed E-state index contributed by atoms with van der Waals surface area (Å²) in [5, 5.41) is 10.3. The third kappa shape index (κ3) is 9.66. The fourth-order valence-corrected chi connectivity index (χ4v) is 1.73. The lowest BCUT2D eigenvalue weighted by Crippen LogP contribution is -2.28. The van der Waals surface area contributed by atoms with Crippen LogP contribution in [0.1, 0.15) is 53.5 Å². The van der Waals surface area contributed by atoms with Crippen LogP contribution in [0.2, 0.25) is 0 Å². The van der Waals surface area contributed by atoms with Crippen LogP contribution in [-0.2, 0) is 11.2 Å². The molecule has 1 N–H and O–H groups in total. The Morgan fingerprint density at radius 1 is 1.29 bits per heavy atom. The Kier molecular flexibility index (Phi) is 11.0. The highest BCUT2D eigenvalue weighted by molar-refractivity contribution is 6.12. The van der Waals surface area contributed by atoms with Gasteiger partial charge in [-0.3, -0.25) is 4.79 Å². The summed E-state index contributed by atoms with van der Waals surface area (Å²) >= 11 is 0. The van der Waals surface area contributed by atoms with Gasteiger partial charge >= 0.3 is 0 Å². The van der Waals surface area contributed by atoms with Crippen LogP contribution in [0.5, 0.6) is 0 Å². The normalized spacial score (nSPS) is 11.8. The Balaban J connectivity index is 0.000000420. The Labute approximate surface area is 144 Å². The molecule has 1 amide bonds. The van der Waals surface area contributed by atoms with E-state index in [9.17, 15) is 9.18 Å². The van der Waals surface area contributed by atoms with Crippen molar-refractivity contribution in [3.63, 3.8) is 0 Å². The van der Waals surface area contributed by atoms with Crippen molar-refractivity contribution in [3.8, 4) is 0 Å². The van der Waals surface area contributed by atoms with Gasteiger partial charge in [-0.25, -0.2) is 4.39 Å². The maximum Gasteiger partial charge on any atom is 0.249 e. The molecule has 24 heavy (non-hydrogen) atoms. The first-order valence-electron chi connectivity index (χ1n) is 8.21. The standard InChI is InChI=1S/C9H13N3O.C8H9F.C2H6/c1-6(2)4-9(13)10-8-5-7(3)11-12-8;1-2-7-4-3-5-8(9)6-7;1-2/h4H,5H2,1-3H3,(H,10,12,13);3-6H,2H2,1H3;1-2H3. The smallest absolute Gasteiger partial charge is 0.249 e. The van der Waals surface area contributed by atoms with Crippen molar-refractivity contribution >= 4 is 17.5 Å². The molecule has 1 aromatic rings. The van der Waals surface area contributed by atoms with Crippen molar-refractivity contribution in [1.82, 2.24) is 5.32 Å². The number of aryl methyl sites for hydroxylation is 1. The molecular formula is C19H28FN3O. The first kappa shape index (κ1) is 21.7. The van der Waals surface area contributed by atoms with E-state index < -0.39 is 0 Å². The van der Waals surface area contributed by atoms with E-state index in [4.69, 9.17) is 0 Å². The first-order chi connectivity index (χ1) is 11.4. The van der Waals surface area contributed by atoms with E-state index in [2.05, 4.69) is 15.5 Å². The summed E-state index contributed by atoms with van der Waals surface area (Å²) in [6.45, 7) is 11.6. The van der Waals surface area contributed by atoms with E-state index in [0.29, 0.717) is 12.3 Å². The molecule has 0 saturated heterocycles. The van der Waals surface area contributed by atoms with Gasteiger partial charge in [0.05, 0.1) is 0 Å². The predicted octanol–water partition coefficient (Wildman–Crippen LogP) is 4.66. The lowest BCUT2D eigenvalue weighted by atomic mass is 10.2. The number of halogens is 1. The number of allylic oxidation sites excluding steroid dienone is 1. The Morgan fingerprint density at radius 2 is 1.96 bits per heavy atom. The summed E-state index contributed by atoms with van der Waals surface area (Å²) in [4.78, 5) is 11.2. The van der Waals surface area contributed by atoms with Gasteiger partial charge in [-0.1, -0.05) is 38.5 Å². The van der Waals surface area contributed by atoms with Crippen molar-refractivity contribution in [1.29, 1.82) is 0 Å². The molecule has 4 nitrogen and oxygen atoms in total. The van der Waals surface area contributed by atoms with Gasteiger partial charge in [0.1, 0.15) is 11.7 Å². The molecule has 1 heterocycles. The second-order valence-corrected chi connectivity index (χ2v) is 5.25. The van der Waals surface area contributed by atoms with Crippen LogP contribution in [0.25, 0.3) is 0 Å². The van der Waals surface area contributed by atoms with Gasteiger partial charge in [-0.05, 0) is 44.9 Å². The molecule has 0 aromatic heterocycles. The molecule has 0 spiro atoms. The van der Waals surface area contributed by atoms with Crippen LogP contribution < -0.4 is 5.32 Å². The Bertz CT molecular complexity index is 615. The summed E-state index contributed by atoms with van der Waals surface area (Å²) < 4.78 is 12.4. The highest BCUT2D eigenvalue weighted by atomic mass is 19.1. The van der Waals surface area contributed by atoms with Crippen molar-refractivity contribution in [3.05, 3.63) is 47.3 Å². The average Bonchev–Trinajstić information content (AvgIpc) is 2.94. The summed E-state index contributed by atoms with van der Waals surface area (Å²) in [5.41, 5.74) is 2.94. The highest BCUT2D eigenvalue weighted by Gasteiger charge is 2.09. The molecule has 0 saturated carbocycles. The van der Waals surface area contributed by atoms with Crippen molar-refractivity contribution in [2.45, 2.75) is 54.4 Å². The number of amidine groups is 1. The third-order valence-corrected chi connectivity index (χ3v) is 2.75. The second-order valence-electron chi connectivity index (χ2n) is 5.25. The number of nitrogens with zero attached hydrogens (tertiary/aromatic N) is 2. The zero-order chi connectivity index (χ0) is 18.5. The summed E-state index contributed by atoms with van der Waals surface area (Å²) in [6.07, 6.45) is 3.08. The largest absolute Gasteiger partial charge is 0.309 e.